The number of amides is 1. The van der Waals surface area contributed by atoms with Crippen LogP contribution in [0.4, 0.5) is 0 Å². The fourth-order valence-corrected chi connectivity index (χ4v) is 1.89. The van der Waals surface area contributed by atoms with Crippen LogP contribution in [0.25, 0.3) is 0 Å². The van der Waals surface area contributed by atoms with Crippen molar-refractivity contribution in [3.63, 3.8) is 0 Å². The van der Waals surface area contributed by atoms with E-state index in [0.29, 0.717) is 6.54 Å². The van der Waals surface area contributed by atoms with E-state index in [1.165, 1.54) is 11.1 Å². The van der Waals surface area contributed by atoms with Gasteiger partial charge in [0, 0.05) is 20.6 Å². The fourth-order valence-electron chi connectivity index (χ4n) is 1.03. The zero-order chi connectivity index (χ0) is 10.6. The summed E-state index contributed by atoms with van der Waals surface area (Å²) in [5.74, 6) is 0.109. The number of carbonyl (C=O) groups excluding carboxylic acids is 1. The van der Waals surface area contributed by atoms with Gasteiger partial charge in [-0.15, -0.1) is 0 Å². The van der Waals surface area contributed by atoms with E-state index in [2.05, 4.69) is 23.0 Å². The number of hydrogen-bond donors (Lipinski definition) is 1. The highest BCUT2D eigenvalue weighted by Gasteiger charge is 2.03. The van der Waals surface area contributed by atoms with Crippen LogP contribution in [0, 0.1) is 6.92 Å². The Kier molecular flexibility index (Phi) is 4.10. The molecule has 0 aliphatic heterocycles. The highest BCUT2D eigenvalue weighted by molar-refractivity contribution is 7.08. The van der Waals surface area contributed by atoms with Gasteiger partial charge in [0.25, 0.3) is 0 Å². The van der Waals surface area contributed by atoms with Gasteiger partial charge in [0.15, 0.2) is 0 Å². The third kappa shape index (κ3) is 3.12. The Bertz CT molecular complexity index is 307. The minimum Gasteiger partial charge on any atom is -0.348 e. The minimum absolute atomic E-state index is 0.109. The van der Waals surface area contributed by atoms with Crippen molar-refractivity contribution in [3.05, 3.63) is 21.9 Å². The first kappa shape index (κ1) is 11.2. The van der Waals surface area contributed by atoms with E-state index in [0.717, 1.165) is 6.54 Å². The SMILES string of the molecule is Cc1cscc1CNCC(=O)N(C)C. The summed E-state index contributed by atoms with van der Waals surface area (Å²) in [6.07, 6.45) is 0. The Morgan fingerprint density at radius 3 is 2.71 bits per heavy atom. The molecule has 0 aliphatic rings. The average Bonchev–Trinajstić information content (AvgIpc) is 2.51. The van der Waals surface area contributed by atoms with Crippen LogP contribution < -0.4 is 5.32 Å². The first-order valence-electron chi connectivity index (χ1n) is 4.54. The molecular weight excluding hydrogens is 196 g/mol. The highest BCUT2D eigenvalue weighted by Crippen LogP contribution is 2.12. The van der Waals surface area contributed by atoms with Gasteiger partial charge >= 0.3 is 0 Å². The maximum Gasteiger partial charge on any atom is 0.236 e. The molecule has 0 radical (unpaired) electrons. The van der Waals surface area contributed by atoms with Gasteiger partial charge < -0.3 is 10.2 Å². The van der Waals surface area contributed by atoms with Crippen LogP contribution >= 0.6 is 11.3 Å². The van der Waals surface area contributed by atoms with Crippen LogP contribution in [0.5, 0.6) is 0 Å². The Hall–Kier alpha value is -0.870. The van der Waals surface area contributed by atoms with E-state index in [1.807, 2.05) is 0 Å². The summed E-state index contributed by atoms with van der Waals surface area (Å²) in [5, 5.41) is 7.35. The van der Waals surface area contributed by atoms with E-state index in [1.54, 1.807) is 30.3 Å². The number of nitrogens with one attached hydrogen (secondary N) is 1. The molecule has 78 valence electrons. The lowest BCUT2D eigenvalue weighted by molar-refractivity contribution is -0.127. The maximum atomic E-state index is 11.2. The van der Waals surface area contributed by atoms with Crippen molar-refractivity contribution in [2.75, 3.05) is 20.6 Å². The van der Waals surface area contributed by atoms with Gasteiger partial charge in [0.05, 0.1) is 6.54 Å². The summed E-state index contributed by atoms with van der Waals surface area (Å²) in [6, 6.07) is 0. The Balaban J connectivity index is 2.29. The standard InChI is InChI=1S/C10H16N2OS/c1-8-6-14-7-9(8)4-11-5-10(13)12(2)3/h6-7,11H,4-5H2,1-3H3. The van der Waals surface area contributed by atoms with Crippen molar-refractivity contribution < 1.29 is 4.79 Å². The second kappa shape index (κ2) is 5.12. The number of hydrogen-bond acceptors (Lipinski definition) is 3. The normalized spacial score (nSPS) is 10.2. The molecule has 0 fully saturated rings. The van der Waals surface area contributed by atoms with E-state index in [-0.39, 0.29) is 5.91 Å². The van der Waals surface area contributed by atoms with Crippen molar-refractivity contribution in [2.24, 2.45) is 0 Å². The van der Waals surface area contributed by atoms with Crippen molar-refractivity contribution in [1.82, 2.24) is 10.2 Å². The molecule has 14 heavy (non-hydrogen) atoms. The molecule has 0 spiro atoms. The zero-order valence-electron chi connectivity index (χ0n) is 8.83. The molecule has 0 saturated heterocycles. The molecule has 1 N–H and O–H groups in total. The molecule has 0 saturated carbocycles. The fraction of sp³-hybridized carbons (Fsp3) is 0.500. The minimum atomic E-state index is 0.109. The summed E-state index contributed by atoms with van der Waals surface area (Å²) >= 11 is 1.70. The van der Waals surface area contributed by atoms with E-state index in [9.17, 15) is 4.79 Å². The number of likely N-dealkylation sites (N-methyl/N-ethyl adjacent to an activating group) is 1. The molecule has 0 aromatic carbocycles. The lowest BCUT2D eigenvalue weighted by atomic mass is 10.2. The van der Waals surface area contributed by atoms with Crippen molar-refractivity contribution >= 4 is 17.2 Å². The van der Waals surface area contributed by atoms with E-state index >= 15 is 0 Å². The van der Waals surface area contributed by atoms with Gasteiger partial charge in [-0.3, -0.25) is 4.79 Å². The molecule has 1 aromatic heterocycles. The topological polar surface area (TPSA) is 32.3 Å². The Morgan fingerprint density at radius 1 is 1.50 bits per heavy atom. The van der Waals surface area contributed by atoms with Crippen LogP contribution in [0.2, 0.25) is 0 Å². The summed E-state index contributed by atoms with van der Waals surface area (Å²) in [7, 11) is 3.53. The Morgan fingerprint density at radius 2 is 2.21 bits per heavy atom. The largest absolute Gasteiger partial charge is 0.348 e. The predicted molar refractivity (Wildman–Crippen MR) is 59.5 cm³/mol. The predicted octanol–water partition coefficient (Wildman–Crippen LogP) is 1.23. The monoisotopic (exact) mass is 212 g/mol. The first-order valence-corrected chi connectivity index (χ1v) is 5.48. The van der Waals surface area contributed by atoms with Crippen LogP contribution in [0.3, 0.4) is 0 Å². The van der Waals surface area contributed by atoms with Gasteiger partial charge in [-0.2, -0.15) is 11.3 Å². The lowest BCUT2D eigenvalue weighted by Crippen LogP contribution is -2.32. The smallest absolute Gasteiger partial charge is 0.236 e. The number of thiophene rings is 1. The van der Waals surface area contributed by atoms with E-state index < -0.39 is 0 Å². The lowest BCUT2D eigenvalue weighted by Gasteiger charge is -2.10. The molecule has 3 nitrogen and oxygen atoms in total. The molecular formula is C10H16N2OS. The second-order valence-electron chi connectivity index (χ2n) is 3.47. The zero-order valence-corrected chi connectivity index (χ0v) is 9.65. The number of carbonyl (C=O) groups is 1. The average molecular weight is 212 g/mol. The van der Waals surface area contributed by atoms with Gasteiger partial charge in [-0.25, -0.2) is 0 Å². The molecule has 0 aliphatic carbocycles. The van der Waals surface area contributed by atoms with Crippen molar-refractivity contribution in [3.8, 4) is 0 Å². The summed E-state index contributed by atoms with van der Waals surface area (Å²) in [4.78, 5) is 12.8. The highest BCUT2D eigenvalue weighted by atomic mass is 32.1. The molecule has 1 amide bonds. The number of nitrogens with zero attached hydrogens (tertiary/aromatic N) is 1. The van der Waals surface area contributed by atoms with Gasteiger partial charge in [-0.05, 0) is 28.8 Å². The number of rotatable bonds is 4. The van der Waals surface area contributed by atoms with Gasteiger partial charge in [0.1, 0.15) is 0 Å². The first-order chi connectivity index (χ1) is 6.61. The number of aryl methyl sites for hydroxylation is 1. The van der Waals surface area contributed by atoms with Gasteiger partial charge in [-0.1, -0.05) is 0 Å². The third-order valence-electron chi connectivity index (χ3n) is 2.05. The van der Waals surface area contributed by atoms with Crippen LogP contribution in [0.15, 0.2) is 10.8 Å². The van der Waals surface area contributed by atoms with Crippen LogP contribution in [-0.2, 0) is 11.3 Å². The molecule has 0 bridgehead atoms. The van der Waals surface area contributed by atoms with Crippen LogP contribution in [-0.4, -0.2) is 31.4 Å². The van der Waals surface area contributed by atoms with Gasteiger partial charge in [0.2, 0.25) is 5.91 Å². The van der Waals surface area contributed by atoms with E-state index in [4.69, 9.17) is 0 Å². The Labute approximate surface area is 88.7 Å². The maximum absolute atomic E-state index is 11.2. The molecule has 1 heterocycles. The molecule has 4 heteroatoms. The van der Waals surface area contributed by atoms with Crippen molar-refractivity contribution in [2.45, 2.75) is 13.5 Å². The van der Waals surface area contributed by atoms with Crippen LogP contribution in [0.1, 0.15) is 11.1 Å². The summed E-state index contributed by atoms with van der Waals surface area (Å²) < 4.78 is 0. The second-order valence-corrected chi connectivity index (χ2v) is 4.22. The molecule has 0 atom stereocenters. The van der Waals surface area contributed by atoms with Crippen molar-refractivity contribution in [1.29, 1.82) is 0 Å². The quantitative estimate of drug-likeness (QED) is 0.814. The molecule has 0 unspecified atom stereocenters. The third-order valence-corrected chi connectivity index (χ3v) is 2.96. The molecule has 1 rings (SSSR count). The molecule has 1 aromatic rings. The summed E-state index contributed by atoms with van der Waals surface area (Å²) in [6.45, 7) is 3.26. The summed E-state index contributed by atoms with van der Waals surface area (Å²) in [5.41, 5.74) is 2.57.